The largest absolute Gasteiger partial charge is 2.00 e. The fraction of sp³-hybridized carbons (Fsp3) is 0. The summed E-state index contributed by atoms with van der Waals surface area (Å²) >= 11 is 0. The molecule has 0 spiro atoms. The first kappa shape index (κ1) is 69.8. The third-order valence-electron chi connectivity index (χ3n) is 0. The van der Waals surface area contributed by atoms with Gasteiger partial charge in [0.25, 0.3) is 0 Å². The Morgan fingerprint density at radius 2 is 0.333 bits per heavy atom. The molecule has 0 aromatic rings. The second-order valence-corrected chi connectivity index (χ2v) is 5.37. The van der Waals surface area contributed by atoms with Crippen LogP contribution in [0, 0.1) is 0 Å². The molecule has 0 amide bonds. The van der Waals surface area contributed by atoms with Crippen molar-refractivity contribution in [2.75, 3.05) is 0 Å². The van der Waals surface area contributed by atoms with Crippen LogP contribution in [0.15, 0.2) is 0 Å². The Morgan fingerprint density at radius 3 is 0.333 bits per heavy atom. The van der Waals surface area contributed by atoms with E-state index in [0.717, 1.165) is 0 Å². The monoisotopic (exact) mass is 686 g/mol. The van der Waals surface area contributed by atoms with E-state index in [2.05, 4.69) is 0 Å². The van der Waals surface area contributed by atoms with Crippen LogP contribution >= 0.6 is 31.3 Å². The van der Waals surface area contributed by atoms with E-state index >= 15 is 0 Å². The first-order chi connectivity index (χ1) is 8.00. The summed E-state index contributed by atoms with van der Waals surface area (Å²) in [5.74, 6) is 0. The zero-order valence-electron chi connectivity index (χ0n) is 12.6. The summed E-state index contributed by atoms with van der Waals surface area (Å²) in [6.45, 7) is 0. The SMILES string of the molecule is O=P([O-])([O-])[O-].O=P([O-])([O-])[O-].O=P([O-])([O-])[O-].O=P([O-])([O-])[O-].[CaH2].[Mg+2].[Mg+2].[Mg+2].[Zn+2].[Zn+2].[Zn+2]. The molecule has 0 saturated carbocycles. The van der Waals surface area contributed by atoms with Gasteiger partial charge in [0, 0.05) is 0 Å². The van der Waals surface area contributed by atoms with Crippen molar-refractivity contribution < 1.29 is 135 Å². The van der Waals surface area contributed by atoms with Crippen LogP contribution in [-0.4, -0.2) is 107 Å². The predicted octanol–water partition coefficient (Wildman–Crippen LogP) is -13.4. The summed E-state index contributed by atoms with van der Waals surface area (Å²) < 4.78 is 34.2. The van der Waals surface area contributed by atoms with Crippen LogP contribution in [0.1, 0.15) is 0 Å². The van der Waals surface area contributed by atoms with Crippen LogP contribution in [0.25, 0.3) is 0 Å². The molecule has 0 heterocycles. The molecule has 0 aliphatic rings. The predicted molar refractivity (Wildman–Crippen MR) is 56.2 cm³/mol. The minimum atomic E-state index is -5.39. The second-order valence-electron chi connectivity index (χ2n) is 1.79. The molecule has 16 nitrogen and oxygen atoms in total. The molecule has 0 bridgehead atoms. The number of hydrogen-bond acceptors (Lipinski definition) is 16. The molecular weight excluding hydrogens is 689 g/mol. The molecule has 0 radical (unpaired) electrons. The molecule has 27 heteroatoms. The number of rotatable bonds is 0. The van der Waals surface area contributed by atoms with Crippen molar-refractivity contribution in [3.8, 4) is 0 Å². The van der Waals surface area contributed by atoms with E-state index in [-0.39, 0.29) is 165 Å². The van der Waals surface area contributed by atoms with Crippen LogP contribution in [0.5, 0.6) is 0 Å². The molecule has 0 fully saturated rings. The van der Waals surface area contributed by atoms with E-state index in [0.29, 0.717) is 0 Å². The third-order valence-corrected chi connectivity index (χ3v) is 0. The minimum absolute atomic E-state index is 0. The Balaban J connectivity index is -0.0000000129. The summed E-state index contributed by atoms with van der Waals surface area (Å²) in [7, 11) is -21.6. The van der Waals surface area contributed by atoms with Gasteiger partial charge in [0.15, 0.2) is 0 Å². The average molecular weight is 691 g/mol. The van der Waals surface area contributed by atoms with Crippen molar-refractivity contribution in [1.82, 2.24) is 0 Å². The smallest absolute Gasteiger partial charge is 2.00 e. The quantitative estimate of drug-likeness (QED) is 0.168. The molecule has 0 aromatic carbocycles. The first-order valence-electron chi connectivity index (χ1n) is 2.92. The van der Waals surface area contributed by atoms with Gasteiger partial charge in [-0.25, -0.2) is 0 Å². The normalized spacial score (nSPS) is 8.74. The van der Waals surface area contributed by atoms with E-state index < -0.39 is 31.3 Å². The van der Waals surface area contributed by atoms with E-state index in [1.165, 1.54) is 0 Å². The van der Waals surface area contributed by atoms with E-state index in [1.807, 2.05) is 0 Å². The van der Waals surface area contributed by atoms with Crippen molar-refractivity contribution in [2.45, 2.75) is 0 Å². The fourth-order valence-electron chi connectivity index (χ4n) is 0. The van der Waals surface area contributed by atoms with Crippen molar-refractivity contribution in [3.05, 3.63) is 0 Å². The molecule has 132 valence electrons. The Morgan fingerprint density at radius 1 is 0.333 bits per heavy atom. The molecule has 27 heavy (non-hydrogen) atoms. The Kier molecular flexibility index (Phi) is 88.0. The number of phosphoric acid groups is 4. The average Bonchev–Trinajstić information content (AvgIpc) is 1.62. The van der Waals surface area contributed by atoms with Crippen LogP contribution in [0.3, 0.4) is 0 Å². The van der Waals surface area contributed by atoms with Crippen LogP contribution in [0.2, 0.25) is 0 Å². The van der Waals surface area contributed by atoms with Crippen molar-refractivity contribution in [1.29, 1.82) is 0 Å². The molecule has 0 atom stereocenters. The zero-order valence-corrected chi connectivity index (χ0v) is 29.3. The van der Waals surface area contributed by atoms with Gasteiger partial charge in [-0.2, -0.15) is 31.3 Å². The Labute approximate surface area is 269 Å². The number of hydrogen-bond donors (Lipinski definition) is 0. The topological polar surface area (TPSA) is 345 Å². The Bertz CT molecular complexity index is 312. The van der Waals surface area contributed by atoms with Crippen LogP contribution < -0.4 is 58.7 Å². The maximum Gasteiger partial charge on any atom is 2.00 e. The van der Waals surface area contributed by atoms with E-state index in [9.17, 15) is 0 Å². The van der Waals surface area contributed by atoms with Crippen LogP contribution in [0.4, 0.5) is 0 Å². The molecule has 0 N–H and O–H groups in total. The molecule has 0 aromatic heterocycles. The third kappa shape index (κ3) is 826. The molecule has 0 aliphatic heterocycles. The summed E-state index contributed by atoms with van der Waals surface area (Å²) in [4.78, 5) is 103. The molecule has 0 saturated heterocycles. The molecular formula is H2CaMg3O16P4Zn3. The summed E-state index contributed by atoms with van der Waals surface area (Å²) in [5.41, 5.74) is 0. The van der Waals surface area contributed by atoms with Gasteiger partial charge < -0.3 is 77.0 Å². The maximum absolute atomic E-state index is 8.55. The summed E-state index contributed by atoms with van der Waals surface area (Å²) in [5, 5.41) is 0. The molecule has 0 rings (SSSR count). The second kappa shape index (κ2) is 34.0. The van der Waals surface area contributed by atoms with Crippen LogP contribution in [-0.2, 0) is 76.7 Å². The van der Waals surface area contributed by atoms with Gasteiger partial charge in [0.2, 0.25) is 0 Å². The maximum atomic E-state index is 8.55. The van der Waals surface area contributed by atoms with E-state index in [4.69, 9.17) is 77.0 Å². The molecule has 0 unspecified atom stereocenters. The van der Waals surface area contributed by atoms with Crippen molar-refractivity contribution in [2.24, 2.45) is 0 Å². The van der Waals surface area contributed by atoms with Gasteiger partial charge in [-0.3, -0.25) is 0 Å². The van der Waals surface area contributed by atoms with Crippen molar-refractivity contribution in [3.63, 3.8) is 0 Å². The van der Waals surface area contributed by atoms with Gasteiger partial charge >= 0.3 is 165 Å². The first-order valence-corrected chi connectivity index (χ1v) is 8.76. The van der Waals surface area contributed by atoms with Gasteiger partial charge in [0.05, 0.1) is 0 Å². The Hall–Kier alpha value is 5.87. The van der Waals surface area contributed by atoms with Gasteiger partial charge in [-0.05, 0) is 0 Å². The molecule has 0 aliphatic carbocycles. The standard InChI is InChI=1S/Ca.3Mg.4H3O4P.3Zn.2H/c;;;;4*1-5(2,3)4;;;;;/h;;;;4*(H3,1,2,3,4);;;;;/q;3*+2;;;;;3*+2;;/p-12. The van der Waals surface area contributed by atoms with Gasteiger partial charge in [-0.15, -0.1) is 0 Å². The van der Waals surface area contributed by atoms with Gasteiger partial charge in [-0.1, -0.05) is 0 Å². The van der Waals surface area contributed by atoms with Gasteiger partial charge in [0.1, 0.15) is 0 Å². The van der Waals surface area contributed by atoms with E-state index in [1.54, 1.807) is 0 Å². The fourth-order valence-corrected chi connectivity index (χ4v) is 0. The zero-order chi connectivity index (χ0) is 18.0. The minimum Gasteiger partial charge on any atom is 2.00 e. The van der Waals surface area contributed by atoms with Crippen molar-refractivity contribution >= 4 is 138 Å². The summed E-state index contributed by atoms with van der Waals surface area (Å²) in [6, 6.07) is 0. The summed E-state index contributed by atoms with van der Waals surface area (Å²) in [6.07, 6.45) is 0.